The van der Waals surface area contributed by atoms with E-state index in [9.17, 15) is 22.8 Å². The molecule has 21 heavy (non-hydrogen) atoms. The van der Waals surface area contributed by atoms with E-state index in [0.717, 1.165) is 0 Å². The molecule has 8 heteroatoms. The van der Waals surface area contributed by atoms with Gasteiger partial charge in [0.2, 0.25) is 5.91 Å². The molecule has 0 radical (unpaired) electrons. The SMILES string of the molecule is CC(c1ccccc1)C(NC(=O)OCC(F)(F)F)C(N)=O. The Hall–Kier alpha value is -2.25. The minimum Gasteiger partial charge on any atom is -0.440 e. The third-order valence-corrected chi connectivity index (χ3v) is 2.77. The molecular weight excluding hydrogens is 289 g/mol. The summed E-state index contributed by atoms with van der Waals surface area (Å²) in [6.45, 7) is -0.112. The summed E-state index contributed by atoms with van der Waals surface area (Å²) in [7, 11) is 0. The average Bonchev–Trinajstić information content (AvgIpc) is 2.41. The molecule has 0 aliphatic carbocycles. The number of amides is 2. The quantitative estimate of drug-likeness (QED) is 0.872. The monoisotopic (exact) mass is 304 g/mol. The van der Waals surface area contributed by atoms with Crippen molar-refractivity contribution in [1.29, 1.82) is 0 Å². The van der Waals surface area contributed by atoms with Crippen molar-refractivity contribution in [3.05, 3.63) is 35.9 Å². The Kier molecular flexibility index (Phi) is 5.57. The van der Waals surface area contributed by atoms with E-state index >= 15 is 0 Å². The Labute approximate surface area is 119 Å². The zero-order chi connectivity index (χ0) is 16.0. The summed E-state index contributed by atoms with van der Waals surface area (Å²) in [5.41, 5.74) is 5.88. The highest BCUT2D eigenvalue weighted by Gasteiger charge is 2.31. The molecule has 0 spiro atoms. The van der Waals surface area contributed by atoms with Crippen LogP contribution in [-0.4, -0.2) is 30.8 Å². The number of alkyl halides is 3. The highest BCUT2D eigenvalue weighted by Crippen LogP contribution is 2.19. The molecule has 0 aliphatic rings. The smallest absolute Gasteiger partial charge is 0.422 e. The van der Waals surface area contributed by atoms with E-state index in [2.05, 4.69) is 10.1 Å². The zero-order valence-electron chi connectivity index (χ0n) is 11.2. The van der Waals surface area contributed by atoms with Crippen molar-refractivity contribution in [3.8, 4) is 0 Å². The van der Waals surface area contributed by atoms with Gasteiger partial charge >= 0.3 is 12.3 Å². The van der Waals surface area contributed by atoms with Gasteiger partial charge in [-0.05, 0) is 5.56 Å². The molecule has 1 aromatic carbocycles. The summed E-state index contributed by atoms with van der Waals surface area (Å²) in [5.74, 6) is -1.38. The predicted octanol–water partition coefficient (Wildman–Crippen LogP) is 1.93. The number of halogens is 3. The second kappa shape index (κ2) is 6.96. The number of alkyl carbamates (subject to hydrolysis) is 1. The molecule has 0 bridgehead atoms. The summed E-state index contributed by atoms with van der Waals surface area (Å²) >= 11 is 0. The second-order valence-corrected chi connectivity index (χ2v) is 4.42. The van der Waals surface area contributed by atoms with Crippen LogP contribution in [0.5, 0.6) is 0 Å². The topological polar surface area (TPSA) is 81.4 Å². The molecule has 2 atom stereocenters. The number of ether oxygens (including phenoxy) is 1. The van der Waals surface area contributed by atoms with E-state index in [1.54, 1.807) is 37.3 Å². The molecule has 0 saturated heterocycles. The van der Waals surface area contributed by atoms with Crippen LogP contribution in [0.2, 0.25) is 0 Å². The van der Waals surface area contributed by atoms with Crippen molar-refractivity contribution in [3.63, 3.8) is 0 Å². The molecule has 2 amide bonds. The van der Waals surface area contributed by atoms with Gasteiger partial charge in [-0.25, -0.2) is 4.79 Å². The van der Waals surface area contributed by atoms with Crippen molar-refractivity contribution < 1.29 is 27.5 Å². The second-order valence-electron chi connectivity index (χ2n) is 4.42. The van der Waals surface area contributed by atoms with Crippen molar-refractivity contribution in [1.82, 2.24) is 5.32 Å². The number of nitrogens with one attached hydrogen (secondary N) is 1. The van der Waals surface area contributed by atoms with Crippen LogP contribution in [0.4, 0.5) is 18.0 Å². The first-order chi connectivity index (χ1) is 9.70. The molecule has 0 aromatic heterocycles. The fourth-order valence-corrected chi connectivity index (χ4v) is 1.71. The van der Waals surface area contributed by atoms with E-state index in [1.807, 2.05) is 0 Å². The normalized spacial score (nSPS) is 14.1. The maximum absolute atomic E-state index is 11.9. The molecule has 1 aromatic rings. The van der Waals surface area contributed by atoms with Crippen LogP contribution in [0.15, 0.2) is 30.3 Å². The van der Waals surface area contributed by atoms with Crippen LogP contribution in [-0.2, 0) is 9.53 Å². The summed E-state index contributed by atoms with van der Waals surface area (Å²) < 4.78 is 39.8. The number of carbonyl (C=O) groups is 2. The van der Waals surface area contributed by atoms with Crippen molar-refractivity contribution in [2.45, 2.75) is 25.1 Å². The Bertz CT molecular complexity index is 491. The third kappa shape index (κ3) is 5.72. The van der Waals surface area contributed by atoms with Crippen LogP contribution in [0.3, 0.4) is 0 Å². The number of nitrogens with two attached hydrogens (primary N) is 1. The molecular formula is C13H15F3N2O3. The molecule has 0 fully saturated rings. The van der Waals surface area contributed by atoms with Gasteiger partial charge in [0.1, 0.15) is 6.04 Å². The lowest BCUT2D eigenvalue weighted by molar-refractivity contribution is -0.160. The number of rotatable bonds is 5. The fraction of sp³-hybridized carbons (Fsp3) is 0.385. The van der Waals surface area contributed by atoms with E-state index < -0.39 is 36.7 Å². The third-order valence-electron chi connectivity index (χ3n) is 2.77. The number of carbonyl (C=O) groups excluding carboxylic acids is 2. The molecule has 116 valence electrons. The van der Waals surface area contributed by atoms with Crippen LogP contribution in [0.1, 0.15) is 18.4 Å². The van der Waals surface area contributed by atoms with Gasteiger partial charge in [-0.2, -0.15) is 13.2 Å². The largest absolute Gasteiger partial charge is 0.440 e. The summed E-state index contributed by atoms with van der Waals surface area (Å²) in [5, 5.41) is 2.05. The van der Waals surface area contributed by atoms with Gasteiger partial charge in [0.15, 0.2) is 6.61 Å². The average molecular weight is 304 g/mol. The summed E-state index contributed by atoms with van der Waals surface area (Å²) in [6.07, 6.45) is -5.98. The lowest BCUT2D eigenvalue weighted by Crippen LogP contribution is -2.48. The number of primary amides is 1. The summed E-state index contributed by atoms with van der Waals surface area (Å²) in [6, 6.07) is 7.47. The van der Waals surface area contributed by atoms with Gasteiger partial charge in [0.05, 0.1) is 0 Å². The standard InChI is InChI=1S/C13H15F3N2O3/c1-8(9-5-3-2-4-6-9)10(11(17)19)18-12(20)21-7-13(14,15)16/h2-6,8,10H,7H2,1H3,(H2,17,19)(H,18,20). The Morgan fingerprint density at radius 1 is 1.29 bits per heavy atom. The van der Waals surface area contributed by atoms with Crippen LogP contribution < -0.4 is 11.1 Å². The van der Waals surface area contributed by atoms with Gasteiger partial charge in [-0.3, -0.25) is 4.79 Å². The predicted molar refractivity (Wildman–Crippen MR) is 68.4 cm³/mol. The minimum atomic E-state index is -4.63. The highest BCUT2D eigenvalue weighted by atomic mass is 19.4. The first-order valence-corrected chi connectivity index (χ1v) is 6.05. The van der Waals surface area contributed by atoms with E-state index in [-0.39, 0.29) is 0 Å². The lowest BCUT2D eigenvalue weighted by Gasteiger charge is -2.22. The Balaban J connectivity index is 2.70. The van der Waals surface area contributed by atoms with Crippen molar-refractivity contribution >= 4 is 12.0 Å². The molecule has 0 saturated carbocycles. The van der Waals surface area contributed by atoms with Gasteiger partial charge < -0.3 is 15.8 Å². The zero-order valence-corrected chi connectivity index (χ0v) is 11.2. The van der Waals surface area contributed by atoms with E-state index in [0.29, 0.717) is 5.56 Å². The maximum atomic E-state index is 11.9. The van der Waals surface area contributed by atoms with E-state index in [1.165, 1.54) is 0 Å². The number of benzene rings is 1. The van der Waals surface area contributed by atoms with Gasteiger partial charge in [-0.1, -0.05) is 37.3 Å². The molecule has 5 nitrogen and oxygen atoms in total. The van der Waals surface area contributed by atoms with Gasteiger partial charge in [0, 0.05) is 5.92 Å². The Morgan fingerprint density at radius 2 is 1.86 bits per heavy atom. The van der Waals surface area contributed by atoms with Crippen molar-refractivity contribution in [2.24, 2.45) is 5.73 Å². The fourth-order valence-electron chi connectivity index (χ4n) is 1.71. The lowest BCUT2D eigenvalue weighted by atomic mass is 9.93. The first kappa shape index (κ1) is 16.8. The van der Waals surface area contributed by atoms with Crippen molar-refractivity contribution in [2.75, 3.05) is 6.61 Å². The van der Waals surface area contributed by atoms with Gasteiger partial charge in [-0.15, -0.1) is 0 Å². The maximum Gasteiger partial charge on any atom is 0.422 e. The number of hydrogen-bond donors (Lipinski definition) is 2. The van der Waals surface area contributed by atoms with Crippen LogP contribution in [0.25, 0.3) is 0 Å². The van der Waals surface area contributed by atoms with Crippen LogP contribution >= 0.6 is 0 Å². The number of hydrogen-bond acceptors (Lipinski definition) is 3. The van der Waals surface area contributed by atoms with E-state index in [4.69, 9.17) is 5.73 Å². The minimum absolute atomic E-state index is 0.512. The van der Waals surface area contributed by atoms with Gasteiger partial charge in [0.25, 0.3) is 0 Å². The molecule has 2 unspecified atom stereocenters. The molecule has 0 heterocycles. The Morgan fingerprint density at radius 3 is 2.33 bits per heavy atom. The molecule has 0 aliphatic heterocycles. The van der Waals surface area contributed by atoms with Crippen LogP contribution in [0, 0.1) is 0 Å². The summed E-state index contributed by atoms with van der Waals surface area (Å²) in [4.78, 5) is 22.7. The molecule has 1 rings (SSSR count). The first-order valence-electron chi connectivity index (χ1n) is 6.05. The highest BCUT2D eigenvalue weighted by molar-refractivity contribution is 5.85. The molecule has 3 N–H and O–H groups in total.